The van der Waals surface area contributed by atoms with Crippen LogP contribution in [0.1, 0.15) is 19.4 Å². The summed E-state index contributed by atoms with van der Waals surface area (Å²) < 4.78 is 15.9. The molecule has 2 aliphatic rings. The zero-order valence-corrected chi connectivity index (χ0v) is 16.5. The molecule has 1 aromatic rings. The molecule has 0 unspecified atom stereocenters. The van der Waals surface area contributed by atoms with E-state index in [1.807, 2.05) is 0 Å². The van der Waals surface area contributed by atoms with Gasteiger partial charge in [0.1, 0.15) is 28.9 Å². The maximum absolute atomic E-state index is 13.6. The first-order chi connectivity index (χ1) is 13.8. The highest BCUT2D eigenvalue weighted by molar-refractivity contribution is 6.22. The van der Waals surface area contributed by atoms with E-state index in [-0.39, 0.29) is 36.0 Å². The lowest BCUT2D eigenvalue weighted by Crippen LogP contribution is -2.50. The number of nitrogens with two attached hydrogens (primary N) is 1. The number of carbonyl (C=O) groups excluding carboxylic acids is 3. The summed E-state index contributed by atoms with van der Waals surface area (Å²) in [6.45, 7) is 6.62. The van der Waals surface area contributed by atoms with E-state index in [4.69, 9.17) is 19.9 Å². The number of hydrogen-bond donors (Lipinski definition) is 1. The third kappa shape index (κ3) is 2.79. The van der Waals surface area contributed by atoms with Crippen molar-refractivity contribution in [2.24, 2.45) is 5.73 Å². The van der Waals surface area contributed by atoms with Gasteiger partial charge in [-0.15, -0.1) is 0 Å². The molecule has 0 aromatic heterocycles. The number of para-hydroxylation sites is 1. The Kier molecular flexibility index (Phi) is 5.19. The van der Waals surface area contributed by atoms with Crippen LogP contribution in [0.25, 0.3) is 0 Å². The number of hydrogen-bond acceptors (Lipinski definition) is 7. The summed E-state index contributed by atoms with van der Waals surface area (Å²) in [5, 5.41) is 0. The van der Waals surface area contributed by atoms with Crippen LogP contribution in [0.4, 0.5) is 5.69 Å². The third-order valence-corrected chi connectivity index (χ3v) is 4.92. The fourth-order valence-electron chi connectivity index (χ4n) is 3.84. The molecule has 0 fully saturated rings. The van der Waals surface area contributed by atoms with Crippen LogP contribution < -0.4 is 10.6 Å². The predicted molar refractivity (Wildman–Crippen MR) is 104 cm³/mol. The average molecular weight is 398 g/mol. The van der Waals surface area contributed by atoms with E-state index in [9.17, 15) is 14.4 Å². The maximum atomic E-state index is 13.6. The highest BCUT2D eigenvalue weighted by Crippen LogP contribution is 2.54. The minimum Gasteiger partial charge on any atom is -0.462 e. The number of likely N-dealkylation sites (N-methyl/N-ethyl adjacent to an activating group) is 1. The summed E-state index contributed by atoms with van der Waals surface area (Å²) in [6, 6.07) is 6.86. The Labute approximate surface area is 168 Å². The Morgan fingerprint density at radius 2 is 1.90 bits per heavy atom. The average Bonchev–Trinajstić information content (AvgIpc) is 2.89. The second kappa shape index (κ2) is 7.46. The van der Waals surface area contributed by atoms with Crippen molar-refractivity contribution in [2.75, 3.05) is 25.2 Å². The Balaban J connectivity index is 2.38. The molecular weight excluding hydrogens is 376 g/mol. The second-order valence-corrected chi connectivity index (χ2v) is 6.51. The molecule has 8 heteroatoms. The van der Waals surface area contributed by atoms with E-state index in [0.29, 0.717) is 11.3 Å². The van der Waals surface area contributed by atoms with Gasteiger partial charge in [-0.2, -0.15) is 0 Å². The summed E-state index contributed by atoms with van der Waals surface area (Å²) in [5.74, 6) is -2.40. The number of esters is 2. The standard InChI is InChI=1S/C21H22N2O6/c1-5-11-28-18(24)15-12(3)29-17(22)16(19(25)27-6-2)21(15)13-9-7-8-10-14(13)23(4)20(21)26/h5,7-10H,1,6,11,22H2,2-4H3/t21-/m1/s1. The molecule has 2 aliphatic heterocycles. The number of anilines is 1. The molecule has 29 heavy (non-hydrogen) atoms. The smallest absolute Gasteiger partial charge is 0.341 e. The molecule has 152 valence electrons. The van der Waals surface area contributed by atoms with Crippen molar-refractivity contribution >= 4 is 23.5 Å². The first-order valence-corrected chi connectivity index (χ1v) is 9.04. The van der Waals surface area contributed by atoms with E-state index in [1.54, 1.807) is 38.2 Å². The monoisotopic (exact) mass is 398 g/mol. The molecule has 0 saturated carbocycles. The van der Waals surface area contributed by atoms with Gasteiger partial charge in [0, 0.05) is 18.3 Å². The van der Waals surface area contributed by atoms with Crippen molar-refractivity contribution in [2.45, 2.75) is 19.3 Å². The van der Waals surface area contributed by atoms with Crippen molar-refractivity contribution in [3.05, 3.63) is 65.3 Å². The minimum atomic E-state index is -1.83. The maximum Gasteiger partial charge on any atom is 0.341 e. The second-order valence-electron chi connectivity index (χ2n) is 6.51. The topological polar surface area (TPSA) is 108 Å². The van der Waals surface area contributed by atoms with E-state index in [1.165, 1.54) is 17.9 Å². The lowest BCUT2D eigenvalue weighted by Gasteiger charge is -2.35. The number of carbonyl (C=O) groups is 3. The first-order valence-electron chi connectivity index (χ1n) is 9.04. The number of benzene rings is 1. The Hall–Kier alpha value is -3.55. The van der Waals surface area contributed by atoms with Gasteiger partial charge in [0.05, 0.1) is 6.61 Å². The summed E-state index contributed by atoms with van der Waals surface area (Å²) in [4.78, 5) is 41.0. The quantitative estimate of drug-likeness (QED) is 0.594. The fourth-order valence-corrected chi connectivity index (χ4v) is 3.84. The summed E-state index contributed by atoms with van der Waals surface area (Å²) in [7, 11) is 1.56. The van der Waals surface area contributed by atoms with Crippen LogP contribution >= 0.6 is 0 Å². The zero-order valence-electron chi connectivity index (χ0n) is 16.5. The van der Waals surface area contributed by atoms with E-state index < -0.39 is 23.3 Å². The van der Waals surface area contributed by atoms with Gasteiger partial charge in [0.25, 0.3) is 0 Å². The number of allylic oxidation sites excluding steroid dienone is 1. The molecule has 1 amide bonds. The highest BCUT2D eigenvalue weighted by atomic mass is 16.5. The van der Waals surface area contributed by atoms with E-state index in [2.05, 4.69) is 6.58 Å². The number of rotatable bonds is 5. The number of ether oxygens (including phenoxy) is 3. The molecule has 2 N–H and O–H groups in total. The van der Waals surface area contributed by atoms with Gasteiger partial charge >= 0.3 is 11.9 Å². The molecule has 1 spiro atoms. The summed E-state index contributed by atoms with van der Waals surface area (Å²) in [6.07, 6.45) is 1.40. The van der Waals surface area contributed by atoms with E-state index in [0.717, 1.165) is 0 Å². The van der Waals surface area contributed by atoms with Crippen molar-refractivity contribution in [1.82, 2.24) is 0 Å². The molecule has 3 rings (SSSR count). The molecule has 1 atom stereocenters. The van der Waals surface area contributed by atoms with Crippen molar-refractivity contribution < 1.29 is 28.6 Å². The van der Waals surface area contributed by atoms with Crippen LogP contribution in [0, 0.1) is 0 Å². The van der Waals surface area contributed by atoms with Crippen LogP contribution in [-0.4, -0.2) is 38.1 Å². The SMILES string of the molecule is C=CCOC(=O)C1=C(C)OC(N)=C(C(=O)OCC)[C@]12C(=O)N(C)c1ccccc12. The number of amides is 1. The fraction of sp³-hybridized carbons (Fsp3) is 0.286. The molecule has 8 nitrogen and oxygen atoms in total. The Bertz CT molecular complexity index is 977. The van der Waals surface area contributed by atoms with Gasteiger partial charge in [-0.1, -0.05) is 30.9 Å². The van der Waals surface area contributed by atoms with E-state index >= 15 is 0 Å². The van der Waals surface area contributed by atoms with Crippen molar-refractivity contribution in [3.8, 4) is 0 Å². The summed E-state index contributed by atoms with van der Waals surface area (Å²) in [5.41, 5.74) is 4.84. The largest absolute Gasteiger partial charge is 0.462 e. The molecule has 0 radical (unpaired) electrons. The van der Waals surface area contributed by atoms with Crippen LogP contribution in [0.2, 0.25) is 0 Å². The van der Waals surface area contributed by atoms with Gasteiger partial charge in [-0.25, -0.2) is 9.59 Å². The third-order valence-electron chi connectivity index (χ3n) is 4.92. The van der Waals surface area contributed by atoms with Gasteiger partial charge in [-0.05, 0) is 19.9 Å². The molecule has 1 aromatic carbocycles. The van der Waals surface area contributed by atoms with Crippen LogP contribution in [0.3, 0.4) is 0 Å². The molecule has 0 saturated heterocycles. The Morgan fingerprint density at radius 3 is 2.55 bits per heavy atom. The lowest BCUT2D eigenvalue weighted by atomic mass is 9.67. The normalized spacial score (nSPS) is 20.5. The van der Waals surface area contributed by atoms with Gasteiger partial charge in [-0.3, -0.25) is 4.79 Å². The molecule has 0 aliphatic carbocycles. The van der Waals surface area contributed by atoms with Crippen molar-refractivity contribution in [3.63, 3.8) is 0 Å². The van der Waals surface area contributed by atoms with Crippen LogP contribution in [0.5, 0.6) is 0 Å². The first kappa shape index (κ1) is 20.2. The van der Waals surface area contributed by atoms with Crippen LogP contribution in [0.15, 0.2) is 59.7 Å². The predicted octanol–water partition coefficient (Wildman–Crippen LogP) is 1.67. The number of fused-ring (bicyclic) bond motifs is 2. The van der Waals surface area contributed by atoms with Crippen molar-refractivity contribution in [1.29, 1.82) is 0 Å². The lowest BCUT2D eigenvalue weighted by molar-refractivity contribution is -0.143. The number of nitrogens with zero attached hydrogens (tertiary/aromatic N) is 1. The van der Waals surface area contributed by atoms with Gasteiger partial charge in [0.15, 0.2) is 0 Å². The molecular formula is C21H22N2O6. The molecule has 0 bridgehead atoms. The molecule has 2 heterocycles. The minimum absolute atomic E-state index is 0.0519. The Morgan fingerprint density at radius 1 is 1.24 bits per heavy atom. The summed E-state index contributed by atoms with van der Waals surface area (Å²) >= 11 is 0. The van der Waals surface area contributed by atoms with Gasteiger partial charge < -0.3 is 24.8 Å². The van der Waals surface area contributed by atoms with Gasteiger partial charge in [0.2, 0.25) is 11.8 Å². The van der Waals surface area contributed by atoms with Crippen LogP contribution in [-0.2, 0) is 34.0 Å². The zero-order chi connectivity index (χ0) is 21.3. The highest BCUT2D eigenvalue weighted by Gasteiger charge is 2.63.